The number of aliphatic hydroxyl groups is 1. The minimum atomic E-state index is -0.993. The molecule has 0 amide bonds. The normalized spacial score (nSPS) is 19.5. The zero-order valence-electron chi connectivity index (χ0n) is 12.5. The van der Waals surface area contributed by atoms with E-state index in [2.05, 4.69) is 43.8 Å². The van der Waals surface area contributed by atoms with E-state index in [1.54, 1.807) is 0 Å². The third-order valence-corrected chi connectivity index (χ3v) is 5.63. The van der Waals surface area contributed by atoms with Gasteiger partial charge in [0.25, 0.3) is 0 Å². The summed E-state index contributed by atoms with van der Waals surface area (Å²) in [5.41, 5.74) is 0.890. The summed E-state index contributed by atoms with van der Waals surface area (Å²) in [6.07, 6.45) is 2.12. The summed E-state index contributed by atoms with van der Waals surface area (Å²) in [4.78, 5) is 2.27. The fourth-order valence-corrected chi connectivity index (χ4v) is 3.93. The number of benzene rings is 2. The molecular weight excluding hydrogens is 406 g/mol. The molecule has 2 nitrogen and oxygen atoms in total. The van der Waals surface area contributed by atoms with Gasteiger partial charge in [0.2, 0.25) is 0 Å². The predicted molar refractivity (Wildman–Crippen MR) is 96.9 cm³/mol. The summed E-state index contributed by atoms with van der Waals surface area (Å²) in [5, 5.41) is 11.7. The highest BCUT2D eigenvalue weighted by atomic mass is 79.9. The van der Waals surface area contributed by atoms with Gasteiger partial charge in [0.05, 0.1) is 0 Å². The van der Waals surface area contributed by atoms with Crippen LogP contribution in [0.3, 0.4) is 0 Å². The zero-order chi connectivity index (χ0) is 15.7. The van der Waals surface area contributed by atoms with E-state index < -0.39 is 5.60 Å². The Kier molecular flexibility index (Phi) is 4.74. The second-order valence-electron chi connectivity index (χ2n) is 5.92. The third-order valence-electron chi connectivity index (χ3n) is 4.57. The average Bonchev–Trinajstić information content (AvgIpc) is 2.94. The maximum Gasteiger partial charge on any atom is 0.130 e. The average molecular weight is 425 g/mol. The minimum Gasteiger partial charge on any atom is -0.379 e. The van der Waals surface area contributed by atoms with Gasteiger partial charge in [-0.1, -0.05) is 56.1 Å². The van der Waals surface area contributed by atoms with E-state index in [1.807, 2.05) is 48.5 Å². The molecule has 0 saturated carbocycles. The highest BCUT2D eigenvalue weighted by Gasteiger charge is 2.44. The number of nitrogens with zero attached hydrogens (tertiary/aromatic N) is 1. The van der Waals surface area contributed by atoms with Crippen molar-refractivity contribution in [2.75, 3.05) is 13.6 Å². The third kappa shape index (κ3) is 2.90. The Labute approximate surface area is 148 Å². The summed E-state index contributed by atoms with van der Waals surface area (Å²) in [7, 11) is 2.10. The van der Waals surface area contributed by atoms with Crippen molar-refractivity contribution in [3.05, 3.63) is 68.6 Å². The topological polar surface area (TPSA) is 23.5 Å². The molecule has 0 spiro atoms. The number of likely N-dealkylation sites (N-methyl/N-ethyl adjacent to an activating group) is 1. The molecule has 0 radical (unpaired) electrons. The first-order valence-corrected chi connectivity index (χ1v) is 9.05. The van der Waals surface area contributed by atoms with Gasteiger partial charge >= 0.3 is 0 Å². The number of halogens is 2. The summed E-state index contributed by atoms with van der Waals surface area (Å²) >= 11 is 6.95. The second kappa shape index (κ2) is 6.44. The highest BCUT2D eigenvalue weighted by molar-refractivity contribution is 9.10. The second-order valence-corrected chi connectivity index (χ2v) is 7.75. The van der Waals surface area contributed by atoms with Crippen LogP contribution in [0, 0.1) is 0 Å². The lowest BCUT2D eigenvalue weighted by molar-refractivity contribution is 0.00467. The van der Waals surface area contributed by atoms with Gasteiger partial charge in [-0.25, -0.2) is 0 Å². The first kappa shape index (κ1) is 16.2. The van der Waals surface area contributed by atoms with Crippen LogP contribution in [-0.4, -0.2) is 29.6 Å². The molecule has 22 heavy (non-hydrogen) atoms. The van der Waals surface area contributed by atoms with E-state index in [9.17, 15) is 5.11 Å². The van der Waals surface area contributed by atoms with Crippen LogP contribution in [0.15, 0.2) is 57.5 Å². The van der Waals surface area contributed by atoms with Crippen molar-refractivity contribution in [3.8, 4) is 0 Å². The van der Waals surface area contributed by atoms with Crippen LogP contribution in [0.5, 0.6) is 0 Å². The molecule has 3 rings (SSSR count). The Morgan fingerprint density at radius 3 is 1.77 bits per heavy atom. The van der Waals surface area contributed by atoms with Crippen molar-refractivity contribution < 1.29 is 5.11 Å². The molecule has 1 aliphatic heterocycles. The van der Waals surface area contributed by atoms with Crippen molar-refractivity contribution in [2.24, 2.45) is 0 Å². The number of likely N-dealkylation sites (tertiary alicyclic amines) is 1. The van der Waals surface area contributed by atoms with Gasteiger partial charge in [0, 0.05) is 15.0 Å². The van der Waals surface area contributed by atoms with Crippen molar-refractivity contribution in [2.45, 2.75) is 24.5 Å². The van der Waals surface area contributed by atoms with E-state index in [0.29, 0.717) is 0 Å². The molecule has 0 aromatic heterocycles. The molecule has 1 aliphatic rings. The molecule has 1 saturated heterocycles. The molecule has 1 N–H and O–H groups in total. The van der Waals surface area contributed by atoms with Gasteiger partial charge < -0.3 is 5.11 Å². The van der Waals surface area contributed by atoms with Gasteiger partial charge in [-0.05, 0) is 61.8 Å². The molecule has 0 bridgehead atoms. The van der Waals surface area contributed by atoms with Gasteiger partial charge in [-0.15, -0.1) is 0 Å². The van der Waals surface area contributed by atoms with Crippen LogP contribution >= 0.6 is 31.9 Å². The highest BCUT2D eigenvalue weighted by Crippen LogP contribution is 2.40. The predicted octanol–water partition coefficient (Wildman–Crippen LogP) is 4.54. The van der Waals surface area contributed by atoms with E-state index in [1.165, 1.54) is 0 Å². The molecule has 4 heteroatoms. The fraction of sp³-hybridized carbons (Fsp3) is 0.333. The van der Waals surface area contributed by atoms with Gasteiger partial charge in [0.1, 0.15) is 5.60 Å². The Morgan fingerprint density at radius 1 is 0.955 bits per heavy atom. The Hall–Kier alpha value is -0.680. The first-order valence-electron chi connectivity index (χ1n) is 7.46. The van der Waals surface area contributed by atoms with Crippen LogP contribution in [-0.2, 0) is 5.60 Å². The van der Waals surface area contributed by atoms with Gasteiger partial charge in [0.15, 0.2) is 0 Å². The molecule has 2 aromatic rings. The van der Waals surface area contributed by atoms with E-state index in [-0.39, 0.29) is 6.04 Å². The number of hydrogen-bond donors (Lipinski definition) is 1. The number of rotatable bonds is 3. The maximum atomic E-state index is 11.7. The van der Waals surface area contributed by atoms with Crippen LogP contribution in [0.1, 0.15) is 24.0 Å². The molecule has 0 unspecified atom stereocenters. The summed E-state index contributed by atoms with van der Waals surface area (Å²) in [6.45, 7) is 1.03. The van der Waals surface area contributed by atoms with E-state index in [4.69, 9.17) is 0 Å². The van der Waals surface area contributed by atoms with Crippen LogP contribution in [0.2, 0.25) is 0 Å². The molecule has 1 heterocycles. The molecular formula is C18H19Br2NO. The lowest BCUT2D eigenvalue weighted by Crippen LogP contribution is -2.46. The summed E-state index contributed by atoms with van der Waals surface area (Å²) in [5.74, 6) is 0. The lowest BCUT2D eigenvalue weighted by atomic mass is 9.79. The van der Waals surface area contributed by atoms with E-state index in [0.717, 1.165) is 39.5 Å². The van der Waals surface area contributed by atoms with Crippen LogP contribution in [0.25, 0.3) is 0 Å². The first-order chi connectivity index (χ1) is 10.5. The lowest BCUT2D eigenvalue weighted by Gasteiger charge is -2.39. The summed E-state index contributed by atoms with van der Waals surface area (Å²) in [6, 6.07) is 16.1. The molecule has 2 aromatic carbocycles. The molecule has 1 fully saturated rings. The molecule has 0 aliphatic carbocycles. The Balaban J connectivity index is 2.12. The molecule has 1 atom stereocenters. The fourth-order valence-electron chi connectivity index (χ4n) is 3.40. The van der Waals surface area contributed by atoms with Crippen molar-refractivity contribution >= 4 is 31.9 Å². The standard InChI is InChI=1S/C18H19Br2NO/c1-21-12-2-3-17(21)18(22,13-4-8-15(19)9-5-13)14-6-10-16(20)11-7-14/h4-11,17,22H,2-3,12H2,1H3/t17-/m0/s1. The molecule has 116 valence electrons. The SMILES string of the molecule is CN1CCC[C@H]1C(O)(c1ccc(Br)cc1)c1ccc(Br)cc1. The zero-order valence-corrected chi connectivity index (χ0v) is 15.6. The minimum absolute atomic E-state index is 0.0925. The monoisotopic (exact) mass is 423 g/mol. The quantitative estimate of drug-likeness (QED) is 0.781. The smallest absolute Gasteiger partial charge is 0.130 e. The van der Waals surface area contributed by atoms with Crippen molar-refractivity contribution in [1.29, 1.82) is 0 Å². The largest absolute Gasteiger partial charge is 0.379 e. The van der Waals surface area contributed by atoms with E-state index >= 15 is 0 Å². The van der Waals surface area contributed by atoms with Crippen LogP contribution < -0.4 is 0 Å². The van der Waals surface area contributed by atoms with Crippen molar-refractivity contribution in [1.82, 2.24) is 4.90 Å². The van der Waals surface area contributed by atoms with Gasteiger partial charge in [-0.2, -0.15) is 0 Å². The van der Waals surface area contributed by atoms with Gasteiger partial charge in [-0.3, -0.25) is 4.90 Å². The van der Waals surface area contributed by atoms with Crippen LogP contribution in [0.4, 0.5) is 0 Å². The summed E-state index contributed by atoms with van der Waals surface area (Å²) < 4.78 is 2.04. The Morgan fingerprint density at radius 2 is 1.41 bits per heavy atom. The Bertz CT molecular complexity index is 594. The van der Waals surface area contributed by atoms with Crippen molar-refractivity contribution in [3.63, 3.8) is 0 Å². The maximum absolute atomic E-state index is 11.7. The number of hydrogen-bond acceptors (Lipinski definition) is 2.